The Labute approximate surface area is 110 Å². The molecule has 17 heavy (non-hydrogen) atoms. The summed E-state index contributed by atoms with van der Waals surface area (Å²) in [5.74, 6) is -0.0308. The summed E-state index contributed by atoms with van der Waals surface area (Å²) in [6.07, 6.45) is 0.993. The minimum atomic E-state index is -0.0308. The van der Waals surface area contributed by atoms with Crippen molar-refractivity contribution < 1.29 is 9.53 Å². The van der Waals surface area contributed by atoms with Crippen molar-refractivity contribution in [2.24, 2.45) is 0 Å². The number of carbonyl (C=O) groups is 1. The van der Waals surface area contributed by atoms with Gasteiger partial charge in [-0.15, -0.1) is 0 Å². The van der Waals surface area contributed by atoms with E-state index < -0.39 is 0 Å². The zero-order valence-electron chi connectivity index (χ0n) is 10.00. The van der Waals surface area contributed by atoms with Crippen LogP contribution in [-0.2, 0) is 4.74 Å². The molecule has 1 heterocycles. The summed E-state index contributed by atoms with van der Waals surface area (Å²) in [7, 11) is 0. The SMILES string of the molecule is Cc1cc(Br)cc(C(=O)N[C@@H]2CCO[C@H]2C)c1. The standard InChI is InChI=1S/C13H16BrNO2/c1-8-5-10(7-11(14)6-8)13(16)15-12-3-4-17-9(12)2/h5-7,9,12H,3-4H2,1-2H3,(H,15,16)/t9-,12+/m0/s1. The van der Waals surface area contributed by atoms with Crippen LogP contribution in [0, 0.1) is 6.92 Å². The van der Waals surface area contributed by atoms with Crippen LogP contribution >= 0.6 is 15.9 Å². The predicted octanol–water partition coefficient (Wildman–Crippen LogP) is 2.66. The Morgan fingerprint density at radius 3 is 2.82 bits per heavy atom. The molecule has 2 atom stereocenters. The van der Waals surface area contributed by atoms with Gasteiger partial charge in [-0.3, -0.25) is 4.79 Å². The van der Waals surface area contributed by atoms with Crippen molar-refractivity contribution in [1.82, 2.24) is 5.32 Å². The fourth-order valence-corrected chi connectivity index (χ4v) is 2.65. The third kappa shape index (κ3) is 3.07. The van der Waals surface area contributed by atoms with E-state index in [-0.39, 0.29) is 18.1 Å². The van der Waals surface area contributed by atoms with E-state index in [4.69, 9.17) is 4.74 Å². The number of hydrogen-bond donors (Lipinski definition) is 1. The molecule has 1 aromatic rings. The lowest BCUT2D eigenvalue weighted by Gasteiger charge is -2.16. The molecule has 1 amide bonds. The molecule has 3 nitrogen and oxygen atoms in total. The average molecular weight is 298 g/mol. The van der Waals surface area contributed by atoms with Gasteiger partial charge in [0.15, 0.2) is 0 Å². The molecule has 1 fully saturated rings. The third-order valence-corrected chi connectivity index (χ3v) is 3.45. The maximum Gasteiger partial charge on any atom is 0.251 e. The number of rotatable bonds is 2. The maximum absolute atomic E-state index is 12.1. The predicted molar refractivity (Wildman–Crippen MR) is 70.2 cm³/mol. The fourth-order valence-electron chi connectivity index (χ4n) is 2.04. The highest BCUT2D eigenvalue weighted by Gasteiger charge is 2.25. The number of halogens is 1. The Kier molecular flexibility index (Phi) is 3.84. The van der Waals surface area contributed by atoms with Crippen LogP contribution < -0.4 is 5.32 Å². The number of carbonyl (C=O) groups excluding carboxylic acids is 1. The van der Waals surface area contributed by atoms with Gasteiger partial charge in [-0.2, -0.15) is 0 Å². The van der Waals surface area contributed by atoms with E-state index in [0.29, 0.717) is 5.56 Å². The van der Waals surface area contributed by atoms with E-state index in [0.717, 1.165) is 23.1 Å². The zero-order chi connectivity index (χ0) is 12.4. The van der Waals surface area contributed by atoms with Gasteiger partial charge in [-0.1, -0.05) is 15.9 Å². The molecule has 1 aliphatic rings. The quantitative estimate of drug-likeness (QED) is 0.911. The van der Waals surface area contributed by atoms with Crippen molar-refractivity contribution in [2.75, 3.05) is 6.61 Å². The molecule has 4 heteroatoms. The van der Waals surface area contributed by atoms with Gasteiger partial charge >= 0.3 is 0 Å². The van der Waals surface area contributed by atoms with Crippen molar-refractivity contribution in [2.45, 2.75) is 32.4 Å². The number of amides is 1. The molecule has 0 saturated carbocycles. The second-order valence-corrected chi connectivity index (χ2v) is 5.38. The van der Waals surface area contributed by atoms with Gasteiger partial charge in [0.1, 0.15) is 0 Å². The highest BCUT2D eigenvalue weighted by atomic mass is 79.9. The van der Waals surface area contributed by atoms with Gasteiger partial charge in [-0.25, -0.2) is 0 Å². The lowest BCUT2D eigenvalue weighted by molar-refractivity contribution is 0.0866. The lowest BCUT2D eigenvalue weighted by Crippen LogP contribution is -2.39. The van der Waals surface area contributed by atoms with Crippen LogP contribution in [0.4, 0.5) is 0 Å². The first-order valence-electron chi connectivity index (χ1n) is 5.76. The Balaban J connectivity index is 2.09. The molecule has 2 rings (SSSR count). The Bertz CT molecular complexity index is 413. The molecule has 0 unspecified atom stereocenters. The minimum Gasteiger partial charge on any atom is -0.376 e. The third-order valence-electron chi connectivity index (χ3n) is 3.00. The summed E-state index contributed by atoms with van der Waals surface area (Å²) in [5.41, 5.74) is 1.76. The van der Waals surface area contributed by atoms with Crippen LogP contribution in [0.5, 0.6) is 0 Å². The van der Waals surface area contributed by atoms with Gasteiger partial charge in [0.05, 0.1) is 12.1 Å². The first-order valence-corrected chi connectivity index (χ1v) is 6.55. The molecular weight excluding hydrogens is 282 g/mol. The highest BCUT2D eigenvalue weighted by molar-refractivity contribution is 9.10. The molecule has 1 saturated heterocycles. The van der Waals surface area contributed by atoms with Gasteiger partial charge in [0.2, 0.25) is 0 Å². The Morgan fingerprint density at radius 1 is 1.47 bits per heavy atom. The Morgan fingerprint density at radius 2 is 2.24 bits per heavy atom. The minimum absolute atomic E-state index is 0.0308. The average Bonchev–Trinajstić information content (AvgIpc) is 2.63. The van der Waals surface area contributed by atoms with Crippen molar-refractivity contribution >= 4 is 21.8 Å². The number of benzene rings is 1. The van der Waals surface area contributed by atoms with Crippen LogP contribution in [0.15, 0.2) is 22.7 Å². The fraction of sp³-hybridized carbons (Fsp3) is 0.462. The van der Waals surface area contributed by atoms with Gasteiger partial charge < -0.3 is 10.1 Å². The molecule has 1 aromatic carbocycles. The van der Waals surface area contributed by atoms with E-state index in [2.05, 4.69) is 21.2 Å². The van der Waals surface area contributed by atoms with E-state index in [9.17, 15) is 4.79 Å². The lowest BCUT2D eigenvalue weighted by atomic mass is 10.1. The van der Waals surface area contributed by atoms with Crippen molar-refractivity contribution in [3.63, 3.8) is 0 Å². The van der Waals surface area contributed by atoms with E-state index in [1.165, 1.54) is 0 Å². The summed E-state index contributed by atoms with van der Waals surface area (Å²) in [6, 6.07) is 5.84. The smallest absolute Gasteiger partial charge is 0.251 e. The second-order valence-electron chi connectivity index (χ2n) is 4.46. The molecular formula is C13H16BrNO2. The number of nitrogens with one attached hydrogen (secondary N) is 1. The summed E-state index contributed by atoms with van der Waals surface area (Å²) in [5, 5.41) is 3.01. The van der Waals surface area contributed by atoms with E-state index >= 15 is 0 Å². The highest BCUT2D eigenvalue weighted by Crippen LogP contribution is 2.17. The van der Waals surface area contributed by atoms with E-state index in [1.54, 1.807) is 0 Å². The van der Waals surface area contributed by atoms with Crippen molar-refractivity contribution in [3.8, 4) is 0 Å². The number of hydrogen-bond acceptors (Lipinski definition) is 2. The molecule has 0 bridgehead atoms. The van der Waals surface area contributed by atoms with Crippen LogP contribution in [0.3, 0.4) is 0 Å². The molecule has 1 aliphatic heterocycles. The van der Waals surface area contributed by atoms with Crippen LogP contribution in [0.25, 0.3) is 0 Å². The van der Waals surface area contributed by atoms with Crippen molar-refractivity contribution in [3.05, 3.63) is 33.8 Å². The van der Waals surface area contributed by atoms with Gasteiger partial charge in [0, 0.05) is 16.6 Å². The zero-order valence-corrected chi connectivity index (χ0v) is 11.6. The van der Waals surface area contributed by atoms with Gasteiger partial charge in [-0.05, 0) is 44.0 Å². The Hall–Kier alpha value is -0.870. The summed E-state index contributed by atoms with van der Waals surface area (Å²) in [4.78, 5) is 12.1. The molecule has 0 aromatic heterocycles. The molecule has 0 radical (unpaired) electrons. The molecule has 92 valence electrons. The van der Waals surface area contributed by atoms with Crippen LogP contribution in [0.1, 0.15) is 29.3 Å². The summed E-state index contributed by atoms with van der Waals surface area (Å²) < 4.78 is 6.35. The van der Waals surface area contributed by atoms with Gasteiger partial charge in [0.25, 0.3) is 5.91 Å². The van der Waals surface area contributed by atoms with Crippen LogP contribution in [0.2, 0.25) is 0 Å². The topological polar surface area (TPSA) is 38.3 Å². The van der Waals surface area contributed by atoms with E-state index in [1.807, 2.05) is 32.0 Å². The summed E-state index contributed by atoms with van der Waals surface area (Å²) in [6.45, 7) is 4.69. The first kappa shape index (κ1) is 12.6. The summed E-state index contributed by atoms with van der Waals surface area (Å²) >= 11 is 3.40. The van der Waals surface area contributed by atoms with Crippen LogP contribution in [-0.4, -0.2) is 24.7 Å². The number of ether oxygens (including phenoxy) is 1. The molecule has 0 aliphatic carbocycles. The second kappa shape index (κ2) is 5.19. The molecule has 0 spiro atoms. The normalized spacial score (nSPS) is 23.7. The first-order chi connectivity index (χ1) is 8.06. The monoisotopic (exact) mass is 297 g/mol. The maximum atomic E-state index is 12.1. The largest absolute Gasteiger partial charge is 0.376 e. The number of aryl methyl sites for hydroxylation is 1. The van der Waals surface area contributed by atoms with Crippen molar-refractivity contribution in [1.29, 1.82) is 0 Å². The molecule has 1 N–H and O–H groups in total.